The van der Waals surface area contributed by atoms with Crippen LogP contribution >= 0.6 is 0 Å². The summed E-state index contributed by atoms with van der Waals surface area (Å²) in [4.78, 5) is 14.9. The van der Waals surface area contributed by atoms with E-state index in [1.807, 2.05) is 18.2 Å². The maximum atomic E-state index is 12.5. The first-order valence-corrected chi connectivity index (χ1v) is 9.30. The highest BCUT2D eigenvalue weighted by Crippen LogP contribution is 2.19. The normalized spacial score (nSPS) is 17.3. The zero-order valence-electron chi connectivity index (χ0n) is 15.0. The second-order valence-electron chi connectivity index (χ2n) is 7.06. The van der Waals surface area contributed by atoms with Gasteiger partial charge in [0.1, 0.15) is 5.76 Å². The van der Waals surface area contributed by atoms with Crippen LogP contribution in [-0.4, -0.2) is 29.9 Å². The number of furan rings is 1. The van der Waals surface area contributed by atoms with Gasteiger partial charge in [0.05, 0.1) is 6.26 Å². The fraction of sp³-hybridized carbons (Fsp3) is 0.476. The third-order valence-corrected chi connectivity index (χ3v) is 5.00. The molecule has 2 heterocycles. The molecule has 2 aromatic rings. The van der Waals surface area contributed by atoms with E-state index in [1.165, 1.54) is 5.56 Å². The minimum absolute atomic E-state index is 0.151. The fourth-order valence-corrected chi connectivity index (χ4v) is 3.44. The Balaban J connectivity index is 1.37. The smallest absolute Gasteiger partial charge is 0.223 e. The second-order valence-corrected chi connectivity index (χ2v) is 7.06. The van der Waals surface area contributed by atoms with E-state index in [4.69, 9.17) is 4.42 Å². The van der Waals surface area contributed by atoms with Crippen molar-refractivity contribution < 1.29 is 9.21 Å². The predicted octanol–water partition coefficient (Wildman–Crippen LogP) is 3.63. The molecular weight excluding hydrogens is 312 g/mol. The number of carbonyl (C=O) groups excluding carboxylic acids is 1. The average molecular weight is 340 g/mol. The van der Waals surface area contributed by atoms with Crippen LogP contribution in [0.2, 0.25) is 0 Å². The summed E-state index contributed by atoms with van der Waals surface area (Å²) in [6.45, 7) is 5.04. The number of carbonyl (C=O) groups is 1. The summed E-state index contributed by atoms with van der Waals surface area (Å²) in [7, 11) is 0. The lowest BCUT2D eigenvalue weighted by molar-refractivity contribution is -0.127. The van der Waals surface area contributed by atoms with E-state index >= 15 is 0 Å². The van der Waals surface area contributed by atoms with E-state index in [0.29, 0.717) is 0 Å². The Hall–Kier alpha value is -2.07. The van der Waals surface area contributed by atoms with Gasteiger partial charge in [-0.1, -0.05) is 30.3 Å². The summed E-state index contributed by atoms with van der Waals surface area (Å²) in [5.41, 5.74) is 1.34. The lowest BCUT2D eigenvalue weighted by Crippen LogP contribution is -2.43. The highest BCUT2D eigenvalue weighted by molar-refractivity contribution is 5.79. The number of amides is 1. The highest BCUT2D eigenvalue weighted by Gasteiger charge is 2.25. The first-order chi connectivity index (χ1) is 12.2. The molecule has 1 amide bonds. The van der Waals surface area contributed by atoms with Crippen LogP contribution in [0.3, 0.4) is 0 Å². The largest absolute Gasteiger partial charge is 0.469 e. The van der Waals surface area contributed by atoms with Crippen molar-refractivity contribution in [1.82, 2.24) is 10.2 Å². The molecule has 1 aromatic heterocycles. The van der Waals surface area contributed by atoms with Gasteiger partial charge in [-0.15, -0.1) is 0 Å². The van der Waals surface area contributed by atoms with Crippen molar-refractivity contribution in [2.45, 2.75) is 45.2 Å². The van der Waals surface area contributed by atoms with Crippen LogP contribution in [0.15, 0.2) is 53.1 Å². The molecule has 1 fully saturated rings. The van der Waals surface area contributed by atoms with E-state index < -0.39 is 0 Å². The zero-order valence-corrected chi connectivity index (χ0v) is 15.0. The molecule has 134 valence electrons. The fourth-order valence-electron chi connectivity index (χ4n) is 3.44. The molecule has 0 aliphatic carbocycles. The Bertz CT molecular complexity index is 631. The molecule has 1 saturated heterocycles. The number of hydrogen-bond donors (Lipinski definition) is 1. The Kier molecular flexibility index (Phi) is 6.29. The van der Waals surface area contributed by atoms with Crippen molar-refractivity contribution in [2.24, 2.45) is 5.92 Å². The molecule has 0 spiro atoms. The van der Waals surface area contributed by atoms with Crippen LogP contribution in [0, 0.1) is 5.92 Å². The van der Waals surface area contributed by atoms with E-state index in [0.717, 1.165) is 51.1 Å². The first kappa shape index (κ1) is 17.7. The Morgan fingerprint density at radius 3 is 2.64 bits per heavy atom. The summed E-state index contributed by atoms with van der Waals surface area (Å²) in [5.74, 6) is 1.35. The molecule has 1 aromatic carbocycles. The monoisotopic (exact) mass is 340 g/mol. The van der Waals surface area contributed by atoms with Crippen molar-refractivity contribution in [2.75, 3.05) is 13.1 Å². The van der Waals surface area contributed by atoms with Crippen LogP contribution in [0.25, 0.3) is 0 Å². The van der Waals surface area contributed by atoms with Crippen LogP contribution in [0.4, 0.5) is 0 Å². The summed E-state index contributed by atoms with van der Waals surface area (Å²) >= 11 is 0. The highest BCUT2D eigenvalue weighted by atomic mass is 16.3. The van der Waals surface area contributed by atoms with Crippen LogP contribution in [0.1, 0.15) is 37.5 Å². The number of nitrogens with one attached hydrogen (secondary N) is 1. The van der Waals surface area contributed by atoms with Gasteiger partial charge in [0.2, 0.25) is 5.91 Å². The molecule has 0 radical (unpaired) electrons. The average Bonchev–Trinajstić information content (AvgIpc) is 3.15. The maximum absolute atomic E-state index is 12.5. The number of benzene rings is 1. The van der Waals surface area contributed by atoms with Gasteiger partial charge >= 0.3 is 0 Å². The molecule has 25 heavy (non-hydrogen) atoms. The Morgan fingerprint density at radius 1 is 1.20 bits per heavy atom. The van der Waals surface area contributed by atoms with Crippen molar-refractivity contribution in [3.63, 3.8) is 0 Å². The van der Waals surface area contributed by atoms with E-state index in [2.05, 4.69) is 41.4 Å². The molecule has 1 aliphatic heterocycles. The van der Waals surface area contributed by atoms with Crippen molar-refractivity contribution in [3.05, 3.63) is 60.1 Å². The van der Waals surface area contributed by atoms with Gasteiger partial charge in [-0.25, -0.2) is 0 Å². The number of hydrogen-bond acceptors (Lipinski definition) is 3. The van der Waals surface area contributed by atoms with Crippen molar-refractivity contribution in [3.8, 4) is 0 Å². The number of rotatable bonds is 7. The molecule has 0 saturated carbocycles. The summed E-state index contributed by atoms with van der Waals surface area (Å²) in [6, 6.07) is 14.6. The van der Waals surface area contributed by atoms with Gasteiger partial charge < -0.3 is 9.73 Å². The SMILES string of the molecule is CC(CCc1ccco1)NC(=O)C1CCN(Cc2ccccc2)CC1. The molecule has 1 N–H and O–H groups in total. The maximum Gasteiger partial charge on any atom is 0.223 e. The third kappa shape index (κ3) is 5.46. The standard InChI is InChI=1S/C21H28N2O2/c1-17(9-10-20-8-5-15-25-20)22-21(24)19-11-13-23(14-12-19)16-18-6-3-2-4-7-18/h2-8,15,17,19H,9-14,16H2,1H3,(H,22,24). The molecule has 0 bridgehead atoms. The van der Waals surface area contributed by atoms with E-state index in [9.17, 15) is 4.79 Å². The van der Waals surface area contributed by atoms with Gasteiger partial charge in [-0.05, 0) is 57.0 Å². The molecule has 3 rings (SSSR count). The first-order valence-electron chi connectivity index (χ1n) is 9.30. The molecule has 1 aliphatic rings. The summed E-state index contributed by atoms with van der Waals surface area (Å²) in [6.07, 6.45) is 5.37. The molecule has 1 unspecified atom stereocenters. The third-order valence-electron chi connectivity index (χ3n) is 5.00. The molecular formula is C21H28N2O2. The van der Waals surface area contributed by atoms with Crippen LogP contribution in [0.5, 0.6) is 0 Å². The molecule has 4 nitrogen and oxygen atoms in total. The van der Waals surface area contributed by atoms with Gasteiger partial charge in [-0.2, -0.15) is 0 Å². The zero-order chi connectivity index (χ0) is 17.5. The van der Waals surface area contributed by atoms with Gasteiger partial charge in [0.25, 0.3) is 0 Å². The summed E-state index contributed by atoms with van der Waals surface area (Å²) in [5, 5.41) is 3.18. The van der Waals surface area contributed by atoms with E-state index in [-0.39, 0.29) is 17.9 Å². The van der Waals surface area contributed by atoms with E-state index in [1.54, 1.807) is 6.26 Å². The number of likely N-dealkylation sites (tertiary alicyclic amines) is 1. The lowest BCUT2D eigenvalue weighted by atomic mass is 9.95. The molecule has 1 atom stereocenters. The summed E-state index contributed by atoms with van der Waals surface area (Å²) < 4.78 is 5.35. The van der Waals surface area contributed by atoms with Gasteiger partial charge in [-0.3, -0.25) is 9.69 Å². The minimum atomic E-state index is 0.151. The topological polar surface area (TPSA) is 45.5 Å². The Morgan fingerprint density at radius 2 is 1.96 bits per heavy atom. The number of nitrogens with zero attached hydrogens (tertiary/aromatic N) is 1. The molecule has 4 heteroatoms. The van der Waals surface area contributed by atoms with Gasteiger partial charge in [0, 0.05) is 24.9 Å². The van der Waals surface area contributed by atoms with Crippen LogP contribution < -0.4 is 5.32 Å². The second kappa shape index (κ2) is 8.86. The van der Waals surface area contributed by atoms with Crippen LogP contribution in [-0.2, 0) is 17.8 Å². The predicted molar refractivity (Wildman–Crippen MR) is 99.1 cm³/mol. The number of piperidine rings is 1. The van der Waals surface area contributed by atoms with Crippen molar-refractivity contribution in [1.29, 1.82) is 0 Å². The van der Waals surface area contributed by atoms with Gasteiger partial charge in [0.15, 0.2) is 0 Å². The Labute approximate surface area is 150 Å². The minimum Gasteiger partial charge on any atom is -0.469 e. The number of aryl methyl sites for hydroxylation is 1. The van der Waals surface area contributed by atoms with Crippen molar-refractivity contribution >= 4 is 5.91 Å². The quantitative estimate of drug-likeness (QED) is 0.837. The lowest BCUT2D eigenvalue weighted by Gasteiger charge is -2.31.